The zero-order chi connectivity index (χ0) is 25.8. The van der Waals surface area contributed by atoms with E-state index in [0.717, 1.165) is 10.6 Å². The number of aromatic nitrogens is 6. The summed E-state index contributed by atoms with van der Waals surface area (Å²) < 4.78 is 2.82. The third kappa shape index (κ3) is 5.77. The van der Waals surface area contributed by atoms with Gasteiger partial charge in [-0.05, 0) is 23.8 Å². The van der Waals surface area contributed by atoms with Gasteiger partial charge in [0.15, 0.2) is 5.15 Å². The van der Waals surface area contributed by atoms with Crippen molar-refractivity contribution in [3.8, 4) is 16.9 Å². The quantitative estimate of drug-likeness (QED) is 0.307. The van der Waals surface area contributed by atoms with Crippen molar-refractivity contribution >= 4 is 40.4 Å². The molecule has 1 atom stereocenters. The first kappa shape index (κ1) is 24.8. The van der Waals surface area contributed by atoms with Crippen LogP contribution in [0.1, 0.15) is 16.6 Å². The van der Waals surface area contributed by atoms with Crippen molar-refractivity contribution in [2.24, 2.45) is 0 Å². The number of nitrogens with one attached hydrogen (secondary N) is 1. The van der Waals surface area contributed by atoms with Gasteiger partial charge in [-0.2, -0.15) is 0 Å². The normalized spacial score (nSPS) is 11.8. The summed E-state index contributed by atoms with van der Waals surface area (Å²) in [5.74, 6) is -0.309. The molecule has 1 unspecified atom stereocenters. The molecule has 12 heteroatoms. The van der Waals surface area contributed by atoms with Gasteiger partial charge in [-0.3, -0.25) is 14.2 Å². The Bertz CT molecular complexity index is 1590. The third-order valence-corrected chi connectivity index (χ3v) is 6.78. The maximum atomic E-state index is 13.4. The van der Waals surface area contributed by atoms with E-state index >= 15 is 0 Å². The number of rotatable bonds is 8. The topological polar surface area (TPSA) is 108 Å². The van der Waals surface area contributed by atoms with Gasteiger partial charge in [0.25, 0.3) is 5.56 Å². The first-order chi connectivity index (χ1) is 18.0. The smallest absolute Gasteiger partial charge is 0.254 e. The summed E-state index contributed by atoms with van der Waals surface area (Å²) in [5.41, 5.74) is 2.04. The molecule has 186 valence electrons. The molecule has 0 aliphatic heterocycles. The van der Waals surface area contributed by atoms with E-state index in [9.17, 15) is 9.59 Å². The van der Waals surface area contributed by atoms with Crippen LogP contribution in [0.4, 0.5) is 0 Å². The molecule has 0 saturated heterocycles. The van der Waals surface area contributed by atoms with E-state index in [2.05, 4.69) is 25.6 Å². The molecule has 3 heterocycles. The van der Waals surface area contributed by atoms with Crippen LogP contribution in [0.3, 0.4) is 0 Å². The molecule has 3 aromatic heterocycles. The van der Waals surface area contributed by atoms with Crippen molar-refractivity contribution in [1.82, 2.24) is 34.8 Å². The largest absolute Gasteiger partial charge is 0.348 e. The molecule has 5 aromatic rings. The molecule has 0 aliphatic carbocycles. The van der Waals surface area contributed by atoms with E-state index in [-0.39, 0.29) is 17.6 Å². The molecule has 0 bridgehead atoms. The highest BCUT2D eigenvalue weighted by Crippen LogP contribution is 2.28. The van der Waals surface area contributed by atoms with Crippen LogP contribution in [0.15, 0.2) is 83.5 Å². The number of hydrogen-bond donors (Lipinski definition) is 1. The van der Waals surface area contributed by atoms with Crippen molar-refractivity contribution in [2.75, 3.05) is 0 Å². The Morgan fingerprint density at radius 2 is 1.92 bits per heavy atom. The summed E-state index contributed by atoms with van der Waals surface area (Å²) >= 11 is 13.6. The molecular weight excluding hydrogens is 533 g/mol. The zero-order valence-electron chi connectivity index (χ0n) is 19.2. The Kier molecular flexibility index (Phi) is 7.40. The fourth-order valence-corrected chi connectivity index (χ4v) is 4.70. The lowest BCUT2D eigenvalue weighted by atomic mass is 10.0. The number of halogens is 2. The van der Waals surface area contributed by atoms with Gasteiger partial charge in [0.1, 0.15) is 11.0 Å². The predicted molar refractivity (Wildman–Crippen MR) is 142 cm³/mol. The van der Waals surface area contributed by atoms with Crippen LogP contribution in [-0.4, -0.2) is 35.4 Å². The molecule has 37 heavy (non-hydrogen) atoms. The average Bonchev–Trinajstić information content (AvgIpc) is 3.58. The second-order valence-electron chi connectivity index (χ2n) is 8.02. The zero-order valence-corrected chi connectivity index (χ0v) is 21.5. The minimum absolute atomic E-state index is 0.219. The van der Waals surface area contributed by atoms with Gasteiger partial charge in [0.2, 0.25) is 5.91 Å². The van der Waals surface area contributed by atoms with Crippen LogP contribution in [0.5, 0.6) is 0 Å². The van der Waals surface area contributed by atoms with Gasteiger partial charge in [-0.1, -0.05) is 58.7 Å². The third-order valence-electron chi connectivity index (χ3n) is 5.59. The first-order valence-corrected chi connectivity index (χ1v) is 12.8. The SMILES string of the molecule is O=C(NCc1nccs1)C(Cc1ccccc1)n1cnc(-c2cc(Cl)ccc2-n2cc(Cl)nn2)cc1=O. The van der Waals surface area contributed by atoms with Crippen LogP contribution in [0.25, 0.3) is 16.9 Å². The molecule has 0 fully saturated rings. The average molecular weight is 552 g/mol. The Labute approximate surface area is 225 Å². The van der Waals surface area contributed by atoms with Gasteiger partial charge < -0.3 is 5.32 Å². The van der Waals surface area contributed by atoms with Crippen molar-refractivity contribution in [2.45, 2.75) is 19.0 Å². The highest BCUT2D eigenvalue weighted by Gasteiger charge is 2.23. The minimum Gasteiger partial charge on any atom is -0.348 e. The maximum Gasteiger partial charge on any atom is 0.254 e. The van der Waals surface area contributed by atoms with E-state index < -0.39 is 11.6 Å². The number of carbonyl (C=O) groups is 1. The number of amides is 1. The maximum absolute atomic E-state index is 13.4. The summed E-state index contributed by atoms with van der Waals surface area (Å²) in [6.45, 7) is 0.272. The molecule has 0 saturated carbocycles. The van der Waals surface area contributed by atoms with Crippen molar-refractivity contribution in [1.29, 1.82) is 0 Å². The molecule has 0 radical (unpaired) electrons. The van der Waals surface area contributed by atoms with E-state index in [4.69, 9.17) is 23.2 Å². The van der Waals surface area contributed by atoms with Crippen molar-refractivity contribution in [3.63, 3.8) is 0 Å². The van der Waals surface area contributed by atoms with Crippen LogP contribution < -0.4 is 10.9 Å². The molecule has 9 nitrogen and oxygen atoms in total. The monoisotopic (exact) mass is 551 g/mol. The standard InChI is InChI=1S/C25H19Cl2N7O2S/c26-17-6-7-20(34-14-22(27)31-32-34)18(11-17)19-12-24(35)33(15-30-19)21(10-16-4-2-1-3-5-16)25(36)29-13-23-28-8-9-37-23/h1-9,11-12,14-15,21H,10,13H2,(H,29,36). The van der Waals surface area contributed by atoms with Gasteiger partial charge >= 0.3 is 0 Å². The fraction of sp³-hybridized carbons (Fsp3) is 0.120. The summed E-state index contributed by atoms with van der Waals surface area (Å²) in [4.78, 5) is 35.3. The Balaban J connectivity index is 1.50. The van der Waals surface area contributed by atoms with E-state index in [0.29, 0.717) is 28.4 Å². The number of carbonyl (C=O) groups excluding carboxylic acids is 1. The Hall–Kier alpha value is -3.86. The van der Waals surface area contributed by atoms with Gasteiger partial charge in [0, 0.05) is 34.7 Å². The van der Waals surface area contributed by atoms with Gasteiger partial charge in [0.05, 0.1) is 30.5 Å². The fourth-order valence-electron chi connectivity index (χ4n) is 3.84. The van der Waals surface area contributed by atoms with Gasteiger partial charge in [-0.25, -0.2) is 14.6 Å². The van der Waals surface area contributed by atoms with Crippen LogP contribution >= 0.6 is 34.5 Å². The lowest BCUT2D eigenvalue weighted by Gasteiger charge is -2.19. The molecule has 2 aromatic carbocycles. The second kappa shape index (κ2) is 11.0. The van der Waals surface area contributed by atoms with Crippen LogP contribution in [0.2, 0.25) is 10.2 Å². The van der Waals surface area contributed by atoms with Crippen molar-refractivity contribution in [3.05, 3.63) is 110 Å². The van der Waals surface area contributed by atoms with E-state index in [1.807, 2.05) is 35.7 Å². The molecule has 1 amide bonds. The number of nitrogens with zero attached hydrogens (tertiary/aromatic N) is 6. The molecule has 0 spiro atoms. The summed E-state index contributed by atoms with van der Waals surface area (Å²) in [6.07, 6.45) is 4.91. The number of thiazole rings is 1. The van der Waals surface area contributed by atoms with Crippen molar-refractivity contribution < 1.29 is 4.79 Å². The lowest BCUT2D eigenvalue weighted by Crippen LogP contribution is -2.38. The highest BCUT2D eigenvalue weighted by atomic mass is 35.5. The Morgan fingerprint density at radius 3 is 2.62 bits per heavy atom. The highest BCUT2D eigenvalue weighted by molar-refractivity contribution is 7.09. The first-order valence-electron chi connectivity index (χ1n) is 11.1. The molecular formula is C25H19Cl2N7O2S. The Morgan fingerprint density at radius 1 is 1.08 bits per heavy atom. The molecule has 0 aliphatic rings. The summed E-state index contributed by atoms with van der Waals surface area (Å²) in [5, 5.41) is 14.0. The van der Waals surface area contributed by atoms with E-state index in [1.165, 1.54) is 39.2 Å². The summed E-state index contributed by atoms with van der Waals surface area (Å²) in [7, 11) is 0. The molecule has 1 N–H and O–H groups in total. The van der Waals surface area contributed by atoms with Crippen LogP contribution in [-0.2, 0) is 17.8 Å². The minimum atomic E-state index is -0.815. The molecule has 5 rings (SSSR count). The number of hydrogen-bond acceptors (Lipinski definition) is 7. The lowest BCUT2D eigenvalue weighted by molar-refractivity contribution is -0.124. The van der Waals surface area contributed by atoms with Gasteiger partial charge in [-0.15, -0.1) is 16.4 Å². The second-order valence-corrected chi connectivity index (χ2v) is 9.82. The number of benzene rings is 2. The van der Waals surface area contributed by atoms with E-state index in [1.54, 1.807) is 24.4 Å². The summed E-state index contributed by atoms with van der Waals surface area (Å²) in [6, 6.07) is 15.2. The predicted octanol–water partition coefficient (Wildman–Crippen LogP) is 4.35. The van der Waals surface area contributed by atoms with Crippen LogP contribution in [0, 0.1) is 0 Å².